The van der Waals surface area contributed by atoms with Gasteiger partial charge in [-0.05, 0) is 27.7 Å². The minimum absolute atomic E-state index is 0.229. The van der Waals surface area contributed by atoms with Gasteiger partial charge < -0.3 is 15.0 Å². The number of likely N-dealkylation sites (tertiary alicyclic amines) is 1. The van der Waals surface area contributed by atoms with Crippen LogP contribution >= 0.6 is 0 Å². The van der Waals surface area contributed by atoms with Gasteiger partial charge in [-0.1, -0.05) is 0 Å². The lowest BCUT2D eigenvalue weighted by Gasteiger charge is -2.40. The number of hydrogen-bond donors (Lipinski definition) is 1. The molecule has 1 amide bonds. The van der Waals surface area contributed by atoms with Gasteiger partial charge in [0.05, 0.1) is 5.69 Å². The molecule has 0 aliphatic carbocycles. The highest BCUT2D eigenvalue weighted by atomic mass is 16.6. The molecule has 0 unspecified atom stereocenters. The van der Waals surface area contributed by atoms with E-state index in [1.54, 1.807) is 4.90 Å². The van der Waals surface area contributed by atoms with Gasteiger partial charge in [-0.3, -0.25) is 4.68 Å². The molecule has 0 bridgehead atoms. The molecule has 1 aromatic heterocycles. The normalized spacial score (nSPS) is 16.1. The van der Waals surface area contributed by atoms with Crippen LogP contribution in [-0.2, 0) is 18.3 Å². The molecular weight excluding hydrogens is 256 g/mol. The molecule has 2 rings (SSSR count). The standard InChI is InChI=1S/C14H24N4O2/c1-10-11(7-17(5)16-10)6-15-12-8-18(9-12)13(19)20-14(2,3)4/h7,12,15H,6,8-9H2,1-5H3. The Bertz CT molecular complexity index is 484. The molecule has 0 saturated carbocycles. The van der Waals surface area contributed by atoms with Crippen LogP contribution in [0.3, 0.4) is 0 Å². The van der Waals surface area contributed by atoms with Gasteiger partial charge in [0.25, 0.3) is 0 Å². The van der Waals surface area contributed by atoms with E-state index in [1.807, 2.05) is 45.6 Å². The quantitative estimate of drug-likeness (QED) is 0.910. The van der Waals surface area contributed by atoms with Crippen molar-refractivity contribution >= 4 is 6.09 Å². The fraction of sp³-hybridized carbons (Fsp3) is 0.714. The summed E-state index contributed by atoms with van der Waals surface area (Å²) in [5.74, 6) is 0. The van der Waals surface area contributed by atoms with Crippen molar-refractivity contribution in [3.05, 3.63) is 17.5 Å². The second kappa shape index (κ2) is 5.44. The molecule has 1 aliphatic heterocycles. The number of nitrogens with one attached hydrogen (secondary N) is 1. The van der Waals surface area contributed by atoms with E-state index < -0.39 is 5.60 Å². The first-order valence-corrected chi connectivity index (χ1v) is 6.95. The molecule has 20 heavy (non-hydrogen) atoms. The zero-order valence-electron chi connectivity index (χ0n) is 12.9. The minimum atomic E-state index is -0.428. The van der Waals surface area contributed by atoms with E-state index in [1.165, 1.54) is 5.56 Å². The van der Waals surface area contributed by atoms with Crippen LogP contribution in [0.2, 0.25) is 0 Å². The Hall–Kier alpha value is -1.56. The molecule has 0 atom stereocenters. The highest BCUT2D eigenvalue weighted by molar-refractivity contribution is 5.69. The number of amides is 1. The summed E-state index contributed by atoms with van der Waals surface area (Å²) in [5, 5.41) is 7.74. The molecular formula is C14H24N4O2. The summed E-state index contributed by atoms with van der Waals surface area (Å²) in [6.45, 7) is 9.84. The molecule has 1 saturated heterocycles. The van der Waals surface area contributed by atoms with Gasteiger partial charge in [0.1, 0.15) is 5.60 Å². The van der Waals surface area contributed by atoms with Crippen LogP contribution in [0.4, 0.5) is 4.79 Å². The summed E-state index contributed by atoms with van der Waals surface area (Å²) in [4.78, 5) is 13.5. The van der Waals surface area contributed by atoms with E-state index in [0.717, 1.165) is 12.2 Å². The molecule has 1 aromatic rings. The third-order valence-corrected chi connectivity index (χ3v) is 3.23. The lowest BCUT2D eigenvalue weighted by molar-refractivity contribution is 0.00518. The molecule has 6 heteroatoms. The van der Waals surface area contributed by atoms with Crippen molar-refractivity contribution < 1.29 is 9.53 Å². The third-order valence-electron chi connectivity index (χ3n) is 3.23. The Balaban J connectivity index is 1.72. The fourth-order valence-corrected chi connectivity index (χ4v) is 2.16. The number of aromatic nitrogens is 2. The summed E-state index contributed by atoms with van der Waals surface area (Å²) < 4.78 is 7.14. The lowest BCUT2D eigenvalue weighted by Crippen LogP contribution is -2.60. The molecule has 0 spiro atoms. The monoisotopic (exact) mass is 280 g/mol. The summed E-state index contributed by atoms with van der Waals surface area (Å²) in [5.41, 5.74) is 1.81. The van der Waals surface area contributed by atoms with Crippen molar-refractivity contribution in [3.8, 4) is 0 Å². The van der Waals surface area contributed by atoms with E-state index in [9.17, 15) is 4.79 Å². The van der Waals surface area contributed by atoms with E-state index >= 15 is 0 Å². The number of rotatable bonds is 3. The first-order valence-electron chi connectivity index (χ1n) is 6.95. The van der Waals surface area contributed by atoms with Crippen LogP contribution in [0.1, 0.15) is 32.0 Å². The second-order valence-corrected chi connectivity index (χ2v) is 6.38. The van der Waals surface area contributed by atoms with Crippen LogP contribution in [0, 0.1) is 6.92 Å². The minimum Gasteiger partial charge on any atom is -0.444 e. The number of ether oxygens (including phenoxy) is 1. The van der Waals surface area contributed by atoms with Gasteiger partial charge >= 0.3 is 6.09 Å². The van der Waals surface area contributed by atoms with E-state index in [0.29, 0.717) is 19.1 Å². The number of nitrogens with zero attached hydrogens (tertiary/aromatic N) is 3. The summed E-state index contributed by atoms with van der Waals surface area (Å²) in [7, 11) is 1.92. The maximum atomic E-state index is 11.8. The summed E-state index contributed by atoms with van der Waals surface area (Å²) >= 11 is 0. The second-order valence-electron chi connectivity index (χ2n) is 6.38. The van der Waals surface area contributed by atoms with Crippen molar-refractivity contribution in [2.24, 2.45) is 7.05 Å². The van der Waals surface area contributed by atoms with Gasteiger partial charge in [0.15, 0.2) is 0 Å². The van der Waals surface area contributed by atoms with Crippen molar-refractivity contribution in [3.63, 3.8) is 0 Å². The molecule has 6 nitrogen and oxygen atoms in total. The first kappa shape index (κ1) is 14.8. The average Bonchev–Trinajstić information content (AvgIpc) is 2.52. The predicted molar refractivity (Wildman–Crippen MR) is 76.4 cm³/mol. The van der Waals surface area contributed by atoms with Crippen molar-refractivity contribution in [1.29, 1.82) is 0 Å². The zero-order valence-corrected chi connectivity index (χ0v) is 12.9. The van der Waals surface area contributed by atoms with Crippen molar-refractivity contribution in [2.45, 2.75) is 45.9 Å². The Morgan fingerprint density at radius 2 is 2.15 bits per heavy atom. The van der Waals surface area contributed by atoms with Gasteiger partial charge in [-0.2, -0.15) is 5.10 Å². The van der Waals surface area contributed by atoms with Crippen LogP contribution in [0.5, 0.6) is 0 Å². The molecule has 0 radical (unpaired) electrons. The van der Waals surface area contributed by atoms with Gasteiger partial charge in [-0.15, -0.1) is 0 Å². The Morgan fingerprint density at radius 3 is 2.65 bits per heavy atom. The van der Waals surface area contributed by atoms with Crippen LogP contribution < -0.4 is 5.32 Å². The lowest BCUT2D eigenvalue weighted by atomic mass is 10.1. The van der Waals surface area contributed by atoms with Crippen LogP contribution in [0.25, 0.3) is 0 Å². The highest BCUT2D eigenvalue weighted by Crippen LogP contribution is 2.15. The zero-order chi connectivity index (χ0) is 14.9. The summed E-state index contributed by atoms with van der Waals surface area (Å²) in [6, 6.07) is 0.335. The van der Waals surface area contributed by atoms with Gasteiger partial charge in [0.2, 0.25) is 0 Å². The number of hydrogen-bond acceptors (Lipinski definition) is 4. The van der Waals surface area contributed by atoms with E-state index in [-0.39, 0.29) is 6.09 Å². The molecule has 1 fully saturated rings. The van der Waals surface area contributed by atoms with E-state index in [2.05, 4.69) is 10.4 Å². The Labute approximate surface area is 120 Å². The predicted octanol–water partition coefficient (Wildman–Crippen LogP) is 1.44. The summed E-state index contributed by atoms with van der Waals surface area (Å²) in [6.07, 6.45) is 1.79. The molecule has 0 aromatic carbocycles. The van der Waals surface area contributed by atoms with Crippen molar-refractivity contribution in [2.75, 3.05) is 13.1 Å². The average molecular weight is 280 g/mol. The Kier molecular flexibility index (Phi) is 4.04. The largest absolute Gasteiger partial charge is 0.444 e. The molecule has 112 valence electrons. The van der Waals surface area contributed by atoms with Crippen molar-refractivity contribution in [1.82, 2.24) is 20.0 Å². The maximum absolute atomic E-state index is 11.8. The molecule has 1 aliphatic rings. The highest BCUT2D eigenvalue weighted by Gasteiger charge is 2.33. The van der Waals surface area contributed by atoms with Crippen LogP contribution in [0.15, 0.2) is 6.20 Å². The topological polar surface area (TPSA) is 59.4 Å². The molecule has 1 N–H and O–H groups in total. The SMILES string of the molecule is Cc1nn(C)cc1CNC1CN(C(=O)OC(C)(C)C)C1. The first-order chi connectivity index (χ1) is 9.24. The molecule has 2 heterocycles. The maximum Gasteiger partial charge on any atom is 0.410 e. The van der Waals surface area contributed by atoms with E-state index in [4.69, 9.17) is 4.74 Å². The van der Waals surface area contributed by atoms with Gasteiger partial charge in [0, 0.05) is 44.5 Å². The third kappa shape index (κ3) is 3.72. The number of carbonyl (C=O) groups is 1. The van der Waals surface area contributed by atoms with Gasteiger partial charge in [-0.25, -0.2) is 4.79 Å². The Morgan fingerprint density at radius 1 is 1.50 bits per heavy atom. The number of carbonyl (C=O) groups excluding carboxylic acids is 1. The number of aryl methyl sites for hydroxylation is 2. The smallest absolute Gasteiger partial charge is 0.410 e. The van der Waals surface area contributed by atoms with Crippen LogP contribution in [-0.4, -0.2) is 45.5 Å². The fourth-order valence-electron chi connectivity index (χ4n) is 2.16.